The Kier molecular flexibility index (Phi) is 2.84. The standard InChI is InChI=1S/C7H14N3O/c1-7(11)9(2)10-5-3-8-4-6-10/h3-6H2,1-2H3. The first-order valence-electron chi connectivity index (χ1n) is 3.84. The maximum Gasteiger partial charge on any atom is 0.233 e. The summed E-state index contributed by atoms with van der Waals surface area (Å²) in [4.78, 5) is 10.9. The van der Waals surface area contributed by atoms with E-state index >= 15 is 0 Å². The number of carbonyl (C=O) groups excluding carboxylic acids is 1. The maximum absolute atomic E-state index is 10.9. The van der Waals surface area contributed by atoms with Gasteiger partial charge in [0.15, 0.2) is 0 Å². The lowest BCUT2D eigenvalue weighted by molar-refractivity contribution is -0.144. The van der Waals surface area contributed by atoms with Crippen molar-refractivity contribution in [2.24, 2.45) is 0 Å². The highest BCUT2D eigenvalue weighted by molar-refractivity contribution is 5.72. The molecule has 0 unspecified atom stereocenters. The van der Waals surface area contributed by atoms with Crippen LogP contribution in [-0.2, 0) is 4.79 Å². The SMILES string of the molecule is CC(=O)N(C)N1CC[N]CC1. The smallest absolute Gasteiger partial charge is 0.233 e. The van der Waals surface area contributed by atoms with E-state index in [0.717, 1.165) is 26.2 Å². The molecule has 1 aliphatic rings. The second-order valence-electron chi connectivity index (χ2n) is 2.67. The summed E-state index contributed by atoms with van der Waals surface area (Å²) >= 11 is 0. The summed E-state index contributed by atoms with van der Waals surface area (Å²) in [5, 5.41) is 7.87. The van der Waals surface area contributed by atoms with Gasteiger partial charge in [0.1, 0.15) is 0 Å². The summed E-state index contributed by atoms with van der Waals surface area (Å²) in [6, 6.07) is 0. The summed E-state index contributed by atoms with van der Waals surface area (Å²) in [5.41, 5.74) is 0. The molecule has 0 atom stereocenters. The number of hydrogen-bond donors (Lipinski definition) is 0. The van der Waals surface area contributed by atoms with E-state index in [2.05, 4.69) is 5.32 Å². The molecule has 0 saturated carbocycles. The minimum absolute atomic E-state index is 0.0897. The van der Waals surface area contributed by atoms with Crippen LogP contribution in [0.15, 0.2) is 0 Å². The molecule has 1 fully saturated rings. The molecule has 0 aromatic carbocycles. The summed E-state index contributed by atoms with van der Waals surface area (Å²) in [5.74, 6) is 0.0897. The Hall–Kier alpha value is -0.610. The van der Waals surface area contributed by atoms with Crippen LogP contribution < -0.4 is 5.32 Å². The highest BCUT2D eigenvalue weighted by atomic mass is 16.2. The molecule has 1 heterocycles. The number of hydrazine groups is 1. The Balaban J connectivity index is 2.38. The van der Waals surface area contributed by atoms with Crippen molar-refractivity contribution in [2.75, 3.05) is 33.2 Å². The van der Waals surface area contributed by atoms with Gasteiger partial charge in [-0.25, -0.2) is 10.3 Å². The van der Waals surface area contributed by atoms with Gasteiger partial charge < -0.3 is 0 Å². The number of piperazine rings is 1. The van der Waals surface area contributed by atoms with Crippen molar-refractivity contribution in [2.45, 2.75) is 6.92 Å². The summed E-state index contributed by atoms with van der Waals surface area (Å²) in [7, 11) is 1.80. The number of hydrogen-bond acceptors (Lipinski definition) is 2. The number of rotatable bonds is 1. The quantitative estimate of drug-likeness (QED) is 0.503. The molecule has 4 nitrogen and oxygen atoms in total. The summed E-state index contributed by atoms with van der Waals surface area (Å²) in [6.07, 6.45) is 0. The average molecular weight is 156 g/mol. The third-order valence-corrected chi connectivity index (χ3v) is 1.91. The first kappa shape index (κ1) is 8.49. The van der Waals surface area contributed by atoms with E-state index < -0.39 is 0 Å². The Morgan fingerprint density at radius 1 is 1.45 bits per heavy atom. The molecule has 0 aliphatic carbocycles. The minimum atomic E-state index is 0.0897. The van der Waals surface area contributed by atoms with Crippen molar-refractivity contribution < 1.29 is 4.79 Å². The Morgan fingerprint density at radius 3 is 2.45 bits per heavy atom. The van der Waals surface area contributed by atoms with Crippen LogP contribution in [0.5, 0.6) is 0 Å². The highest BCUT2D eigenvalue weighted by Gasteiger charge is 2.16. The second-order valence-corrected chi connectivity index (χ2v) is 2.67. The molecule has 0 spiro atoms. The van der Waals surface area contributed by atoms with Crippen molar-refractivity contribution in [3.8, 4) is 0 Å². The Morgan fingerprint density at radius 2 is 2.00 bits per heavy atom. The Labute approximate surface area is 67.1 Å². The zero-order valence-corrected chi connectivity index (χ0v) is 7.08. The van der Waals surface area contributed by atoms with E-state index in [1.54, 1.807) is 19.0 Å². The molecule has 1 aliphatic heterocycles. The Bertz CT molecular complexity index is 143. The summed E-state index contributed by atoms with van der Waals surface area (Å²) in [6.45, 7) is 5.01. The van der Waals surface area contributed by atoms with E-state index in [1.165, 1.54) is 0 Å². The van der Waals surface area contributed by atoms with Crippen LogP contribution in [0.3, 0.4) is 0 Å². The van der Waals surface area contributed by atoms with Crippen molar-refractivity contribution >= 4 is 5.91 Å². The minimum Gasteiger partial charge on any atom is -0.279 e. The van der Waals surface area contributed by atoms with Crippen LogP contribution >= 0.6 is 0 Å². The van der Waals surface area contributed by atoms with E-state index in [4.69, 9.17) is 0 Å². The molecule has 0 bridgehead atoms. The highest BCUT2D eigenvalue weighted by Crippen LogP contribution is 1.97. The van der Waals surface area contributed by atoms with Gasteiger partial charge in [0.2, 0.25) is 5.91 Å². The normalized spacial score (nSPS) is 19.8. The lowest BCUT2D eigenvalue weighted by atomic mass is 10.4. The molecular weight excluding hydrogens is 142 g/mol. The molecule has 1 radical (unpaired) electrons. The molecule has 0 N–H and O–H groups in total. The zero-order valence-electron chi connectivity index (χ0n) is 7.08. The van der Waals surface area contributed by atoms with Gasteiger partial charge in [0, 0.05) is 40.2 Å². The molecule has 1 amide bonds. The lowest BCUT2D eigenvalue weighted by Crippen LogP contribution is -2.50. The van der Waals surface area contributed by atoms with Crippen molar-refractivity contribution in [3.63, 3.8) is 0 Å². The molecule has 1 saturated heterocycles. The third kappa shape index (κ3) is 2.17. The van der Waals surface area contributed by atoms with Gasteiger partial charge in [-0.3, -0.25) is 9.80 Å². The first-order chi connectivity index (χ1) is 5.22. The van der Waals surface area contributed by atoms with Crippen LogP contribution in [0.25, 0.3) is 0 Å². The van der Waals surface area contributed by atoms with Crippen molar-refractivity contribution in [1.82, 2.24) is 15.3 Å². The maximum atomic E-state index is 10.9. The topological polar surface area (TPSA) is 37.7 Å². The van der Waals surface area contributed by atoms with Crippen molar-refractivity contribution in [1.29, 1.82) is 0 Å². The molecular formula is C7H14N3O. The van der Waals surface area contributed by atoms with Gasteiger partial charge in [-0.05, 0) is 0 Å². The van der Waals surface area contributed by atoms with Gasteiger partial charge in [0.25, 0.3) is 0 Å². The van der Waals surface area contributed by atoms with E-state index in [0.29, 0.717) is 0 Å². The van der Waals surface area contributed by atoms with E-state index in [1.807, 2.05) is 5.01 Å². The first-order valence-corrected chi connectivity index (χ1v) is 3.84. The van der Waals surface area contributed by atoms with Crippen LogP contribution in [0.2, 0.25) is 0 Å². The molecule has 4 heteroatoms. The van der Waals surface area contributed by atoms with E-state index in [-0.39, 0.29) is 5.91 Å². The van der Waals surface area contributed by atoms with Crippen LogP contribution in [0.4, 0.5) is 0 Å². The second kappa shape index (κ2) is 3.69. The van der Waals surface area contributed by atoms with E-state index in [9.17, 15) is 4.79 Å². The largest absolute Gasteiger partial charge is 0.279 e. The van der Waals surface area contributed by atoms with Gasteiger partial charge in [-0.15, -0.1) is 0 Å². The monoisotopic (exact) mass is 156 g/mol. The van der Waals surface area contributed by atoms with Gasteiger partial charge >= 0.3 is 0 Å². The number of amides is 1. The van der Waals surface area contributed by atoms with Gasteiger partial charge in [-0.2, -0.15) is 0 Å². The fourth-order valence-electron chi connectivity index (χ4n) is 1.10. The van der Waals surface area contributed by atoms with Crippen LogP contribution in [0.1, 0.15) is 6.92 Å². The van der Waals surface area contributed by atoms with Crippen LogP contribution in [-0.4, -0.2) is 49.2 Å². The zero-order chi connectivity index (χ0) is 8.27. The lowest BCUT2D eigenvalue weighted by Gasteiger charge is -2.33. The van der Waals surface area contributed by atoms with Crippen LogP contribution in [0, 0.1) is 0 Å². The fourth-order valence-corrected chi connectivity index (χ4v) is 1.10. The predicted molar refractivity (Wildman–Crippen MR) is 41.9 cm³/mol. The molecule has 0 aromatic rings. The fraction of sp³-hybridized carbons (Fsp3) is 0.857. The van der Waals surface area contributed by atoms with Gasteiger partial charge in [-0.1, -0.05) is 0 Å². The molecule has 1 rings (SSSR count). The number of nitrogens with zero attached hydrogens (tertiary/aromatic N) is 3. The summed E-state index contributed by atoms with van der Waals surface area (Å²) < 4.78 is 0. The predicted octanol–water partition coefficient (Wildman–Crippen LogP) is -0.700. The molecule has 11 heavy (non-hydrogen) atoms. The van der Waals surface area contributed by atoms with Gasteiger partial charge in [0.05, 0.1) is 0 Å². The van der Waals surface area contributed by atoms with Crippen molar-refractivity contribution in [3.05, 3.63) is 0 Å². The molecule has 0 aromatic heterocycles. The third-order valence-electron chi connectivity index (χ3n) is 1.91. The average Bonchev–Trinajstić information content (AvgIpc) is 2.05. The molecule has 63 valence electrons. The number of carbonyl (C=O) groups is 1.